The Hall–Kier alpha value is -2.26. The number of nitrogens with zero attached hydrogens (tertiary/aromatic N) is 4. The summed E-state index contributed by atoms with van der Waals surface area (Å²) in [5.74, 6) is 0.456. The number of para-hydroxylation sites is 1. The lowest BCUT2D eigenvalue weighted by Crippen LogP contribution is -2.39. The van der Waals surface area contributed by atoms with Gasteiger partial charge in [-0.05, 0) is 31.3 Å². The van der Waals surface area contributed by atoms with Crippen LogP contribution in [0.2, 0.25) is 0 Å². The molecular formula is C25H26BrN5OS. The fourth-order valence-corrected chi connectivity index (χ4v) is 5.36. The molecule has 6 nitrogen and oxygen atoms in total. The van der Waals surface area contributed by atoms with Gasteiger partial charge in [0.1, 0.15) is 11.3 Å². The number of halogens is 1. The number of pyridine rings is 1. The standard InChI is InChI=1S/C25H26BrN5OS/c1-31-12-10-25(11-13-31)29-23(17-6-8-19(26)9-7-17)24(30-25)33-16-22(32)28-20-14-18-4-2-3-5-21(18)27-15-20/h2-9,14-15,22,28,32H,10-13,16H2,1H3. The summed E-state index contributed by atoms with van der Waals surface area (Å²) in [6.45, 7) is 1.97. The van der Waals surface area contributed by atoms with E-state index in [0.29, 0.717) is 5.75 Å². The second-order valence-electron chi connectivity index (χ2n) is 8.56. The van der Waals surface area contributed by atoms with Crippen molar-refractivity contribution in [3.05, 3.63) is 70.8 Å². The lowest BCUT2D eigenvalue weighted by Gasteiger charge is -2.33. The maximum absolute atomic E-state index is 10.7. The van der Waals surface area contributed by atoms with Gasteiger partial charge in [-0.15, -0.1) is 0 Å². The van der Waals surface area contributed by atoms with Crippen molar-refractivity contribution in [3.8, 4) is 0 Å². The van der Waals surface area contributed by atoms with Gasteiger partial charge in [-0.25, -0.2) is 4.99 Å². The lowest BCUT2D eigenvalue weighted by molar-refractivity contribution is 0.201. The molecule has 2 N–H and O–H groups in total. The summed E-state index contributed by atoms with van der Waals surface area (Å²) in [6.07, 6.45) is 2.85. The molecule has 2 aliphatic rings. The number of aliphatic hydroxyl groups is 1. The van der Waals surface area contributed by atoms with E-state index in [1.54, 1.807) is 18.0 Å². The van der Waals surface area contributed by atoms with E-state index >= 15 is 0 Å². The minimum absolute atomic E-state index is 0.377. The minimum Gasteiger partial charge on any atom is -0.373 e. The lowest BCUT2D eigenvalue weighted by atomic mass is 9.99. The Balaban J connectivity index is 1.31. The molecule has 1 atom stereocenters. The molecule has 3 aromatic rings. The topological polar surface area (TPSA) is 73.1 Å². The zero-order valence-corrected chi connectivity index (χ0v) is 20.8. The number of nitrogens with one attached hydrogen (secondary N) is 1. The summed E-state index contributed by atoms with van der Waals surface area (Å²) in [5, 5.41) is 15.8. The van der Waals surface area contributed by atoms with Crippen molar-refractivity contribution < 1.29 is 5.11 Å². The molecule has 1 unspecified atom stereocenters. The molecule has 33 heavy (non-hydrogen) atoms. The van der Waals surface area contributed by atoms with Gasteiger partial charge in [0.2, 0.25) is 0 Å². The molecule has 8 heteroatoms. The highest BCUT2D eigenvalue weighted by Gasteiger charge is 2.39. The van der Waals surface area contributed by atoms with Crippen molar-refractivity contribution in [1.82, 2.24) is 9.88 Å². The third-order valence-electron chi connectivity index (χ3n) is 6.04. The predicted octanol–water partition coefficient (Wildman–Crippen LogP) is 4.78. The summed E-state index contributed by atoms with van der Waals surface area (Å²) in [5.41, 5.74) is 3.34. The monoisotopic (exact) mass is 523 g/mol. The van der Waals surface area contributed by atoms with Gasteiger partial charge in [0.05, 0.1) is 23.1 Å². The molecule has 2 aliphatic heterocycles. The van der Waals surface area contributed by atoms with Gasteiger partial charge >= 0.3 is 0 Å². The highest BCUT2D eigenvalue weighted by molar-refractivity contribution is 9.10. The largest absolute Gasteiger partial charge is 0.373 e. The molecule has 2 aromatic carbocycles. The molecule has 1 saturated heterocycles. The first-order chi connectivity index (χ1) is 16.0. The summed E-state index contributed by atoms with van der Waals surface area (Å²) in [7, 11) is 2.14. The predicted molar refractivity (Wildman–Crippen MR) is 141 cm³/mol. The van der Waals surface area contributed by atoms with E-state index in [4.69, 9.17) is 9.98 Å². The van der Waals surface area contributed by atoms with Crippen molar-refractivity contribution >= 4 is 55.0 Å². The SMILES string of the molecule is CN1CCC2(CC1)N=C(SCC(O)Nc1cnc3ccccc3c1)C(c1ccc(Br)cc1)=N2. The number of likely N-dealkylation sites (tertiary alicyclic amines) is 1. The number of hydrogen-bond acceptors (Lipinski definition) is 7. The van der Waals surface area contributed by atoms with Crippen LogP contribution in [0.15, 0.2) is 75.3 Å². The smallest absolute Gasteiger partial charge is 0.154 e. The van der Waals surface area contributed by atoms with Crippen LogP contribution in [-0.4, -0.2) is 63.5 Å². The number of hydrogen-bond donors (Lipinski definition) is 2. The first-order valence-corrected chi connectivity index (χ1v) is 12.8. The minimum atomic E-state index is -0.735. The Morgan fingerprint density at radius 1 is 1.12 bits per heavy atom. The Kier molecular flexibility index (Phi) is 6.51. The van der Waals surface area contributed by atoms with Crippen LogP contribution < -0.4 is 5.32 Å². The number of aliphatic imine (C=N–C) groups is 2. The van der Waals surface area contributed by atoms with Crippen LogP contribution in [0, 0.1) is 0 Å². The maximum Gasteiger partial charge on any atom is 0.154 e. The van der Waals surface area contributed by atoms with Crippen molar-refractivity contribution in [1.29, 1.82) is 0 Å². The number of aromatic nitrogens is 1. The average molecular weight is 524 g/mol. The van der Waals surface area contributed by atoms with Gasteiger partial charge in [0.25, 0.3) is 0 Å². The highest BCUT2D eigenvalue weighted by Crippen LogP contribution is 2.35. The molecule has 5 rings (SSSR count). The van der Waals surface area contributed by atoms with Crippen molar-refractivity contribution in [3.63, 3.8) is 0 Å². The second kappa shape index (κ2) is 9.54. The molecule has 170 valence electrons. The number of fused-ring (bicyclic) bond motifs is 1. The van der Waals surface area contributed by atoms with Crippen LogP contribution >= 0.6 is 27.7 Å². The first-order valence-electron chi connectivity index (χ1n) is 11.1. The van der Waals surface area contributed by atoms with Gasteiger partial charge in [-0.1, -0.05) is 58.0 Å². The summed E-state index contributed by atoms with van der Waals surface area (Å²) >= 11 is 5.07. The third kappa shape index (κ3) is 5.14. The Morgan fingerprint density at radius 3 is 2.67 bits per heavy atom. The molecule has 1 aromatic heterocycles. The van der Waals surface area contributed by atoms with E-state index in [-0.39, 0.29) is 5.66 Å². The van der Waals surface area contributed by atoms with E-state index in [9.17, 15) is 5.11 Å². The van der Waals surface area contributed by atoms with Crippen molar-refractivity contribution in [2.45, 2.75) is 24.7 Å². The molecule has 1 spiro atoms. The molecule has 0 amide bonds. The Bertz CT molecular complexity index is 1200. The number of aliphatic hydroxyl groups excluding tert-OH is 1. The van der Waals surface area contributed by atoms with E-state index < -0.39 is 6.23 Å². The van der Waals surface area contributed by atoms with E-state index in [1.165, 1.54) is 0 Å². The van der Waals surface area contributed by atoms with Crippen LogP contribution in [0.25, 0.3) is 10.9 Å². The maximum atomic E-state index is 10.7. The highest BCUT2D eigenvalue weighted by atomic mass is 79.9. The van der Waals surface area contributed by atoms with Crippen molar-refractivity contribution in [2.75, 3.05) is 31.2 Å². The average Bonchev–Trinajstić information content (AvgIpc) is 3.18. The molecule has 0 saturated carbocycles. The zero-order valence-electron chi connectivity index (χ0n) is 18.4. The first kappa shape index (κ1) is 22.5. The summed E-state index contributed by atoms with van der Waals surface area (Å²) in [4.78, 5) is 17.0. The fourth-order valence-electron chi connectivity index (χ4n) is 4.16. The number of piperidine rings is 1. The van der Waals surface area contributed by atoms with Crippen LogP contribution in [0.1, 0.15) is 18.4 Å². The number of anilines is 1. The second-order valence-corrected chi connectivity index (χ2v) is 10.5. The third-order valence-corrected chi connectivity index (χ3v) is 7.61. The van der Waals surface area contributed by atoms with Crippen molar-refractivity contribution in [2.24, 2.45) is 9.98 Å². The summed E-state index contributed by atoms with van der Waals surface area (Å²) in [6, 6.07) is 18.2. The quantitative estimate of drug-likeness (QED) is 0.470. The number of rotatable bonds is 5. The Labute approximate surface area is 206 Å². The van der Waals surface area contributed by atoms with E-state index in [1.807, 2.05) is 42.5 Å². The fraction of sp³-hybridized carbons (Fsp3) is 0.320. The number of benzene rings is 2. The van der Waals surface area contributed by atoms with Crippen LogP contribution in [0.3, 0.4) is 0 Å². The van der Waals surface area contributed by atoms with E-state index in [0.717, 1.165) is 63.3 Å². The van der Waals surface area contributed by atoms with E-state index in [2.05, 4.69) is 50.3 Å². The molecular weight excluding hydrogens is 498 g/mol. The summed E-state index contributed by atoms with van der Waals surface area (Å²) < 4.78 is 1.04. The molecule has 0 bridgehead atoms. The van der Waals surface area contributed by atoms with Crippen LogP contribution in [-0.2, 0) is 0 Å². The zero-order chi connectivity index (χ0) is 22.8. The normalized spacial score (nSPS) is 18.9. The molecule has 3 heterocycles. The molecule has 0 radical (unpaired) electrons. The van der Waals surface area contributed by atoms with Gasteiger partial charge in [0.15, 0.2) is 5.66 Å². The van der Waals surface area contributed by atoms with Gasteiger partial charge in [-0.2, -0.15) is 0 Å². The van der Waals surface area contributed by atoms with Crippen LogP contribution in [0.5, 0.6) is 0 Å². The molecule has 0 aliphatic carbocycles. The van der Waals surface area contributed by atoms with Crippen LogP contribution in [0.4, 0.5) is 5.69 Å². The Morgan fingerprint density at radius 2 is 1.88 bits per heavy atom. The van der Waals surface area contributed by atoms with Gasteiger partial charge in [0, 0.05) is 47.1 Å². The van der Waals surface area contributed by atoms with Gasteiger partial charge < -0.3 is 15.3 Å². The van der Waals surface area contributed by atoms with Gasteiger partial charge in [-0.3, -0.25) is 9.98 Å². The number of thioether (sulfide) groups is 1. The molecule has 1 fully saturated rings.